The van der Waals surface area contributed by atoms with Crippen LogP contribution in [0, 0.1) is 11.3 Å². The number of hydrogen-bond donors (Lipinski definition) is 1. The van der Waals surface area contributed by atoms with E-state index < -0.39 is 0 Å². The van der Waals surface area contributed by atoms with E-state index in [-0.39, 0.29) is 6.10 Å². The Bertz CT molecular complexity index is 250. The highest BCUT2D eigenvalue weighted by atomic mass is 16.3. The van der Waals surface area contributed by atoms with Crippen LogP contribution in [0.15, 0.2) is 0 Å². The van der Waals surface area contributed by atoms with Crippen LogP contribution in [0.4, 0.5) is 0 Å². The Kier molecular flexibility index (Phi) is 6.82. The standard InChI is InChI=1S/C17H35NO/c1-6-7-8-11-18(14(2)3)13-15-12-17(4,5)10-9-16(15)19/h14-16,19H,6-13H2,1-5H3. The first-order valence-corrected chi connectivity index (χ1v) is 8.28. The van der Waals surface area contributed by atoms with Crippen LogP contribution in [0.1, 0.15) is 73.1 Å². The van der Waals surface area contributed by atoms with Crippen molar-refractivity contribution in [2.24, 2.45) is 11.3 Å². The Labute approximate surface area is 120 Å². The molecule has 0 spiro atoms. The number of unbranched alkanes of at least 4 members (excludes halogenated alkanes) is 2. The van der Waals surface area contributed by atoms with Gasteiger partial charge in [0, 0.05) is 12.6 Å². The summed E-state index contributed by atoms with van der Waals surface area (Å²) in [6, 6.07) is 0.592. The molecule has 1 rings (SSSR count). The van der Waals surface area contributed by atoms with Gasteiger partial charge in [-0.2, -0.15) is 0 Å². The third-order valence-corrected chi connectivity index (χ3v) is 4.72. The van der Waals surface area contributed by atoms with Gasteiger partial charge in [0.1, 0.15) is 0 Å². The van der Waals surface area contributed by atoms with E-state index in [1.54, 1.807) is 0 Å². The topological polar surface area (TPSA) is 23.5 Å². The second-order valence-corrected chi connectivity index (χ2v) is 7.53. The van der Waals surface area contributed by atoms with Gasteiger partial charge in [0.05, 0.1) is 6.10 Å². The molecule has 1 N–H and O–H groups in total. The van der Waals surface area contributed by atoms with Gasteiger partial charge in [-0.1, -0.05) is 33.6 Å². The molecule has 0 saturated heterocycles. The average molecular weight is 269 g/mol. The predicted molar refractivity (Wildman–Crippen MR) is 83.4 cm³/mol. The minimum atomic E-state index is -0.0829. The van der Waals surface area contributed by atoms with Crippen LogP contribution in [0.2, 0.25) is 0 Å². The summed E-state index contributed by atoms with van der Waals surface area (Å²) in [5.74, 6) is 0.466. The smallest absolute Gasteiger partial charge is 0.0581 e. The molecule has 0 amide bonds. The summed E-state index contributed by atoms with van der Waals surface area (Å²) >= 11 is 0. The van der Waals surface area contributed by atoms with Crippen LogP contribution in [0.25, 0.3) is 0 Å². The molecule has 1 aliphatic rings. The first-order valence-electron chi connectivity index (χ1n) is 8.28. The molecule has 1 aliphatic carbocycles. The van der Waals surface area contributed by atoms with Crippen molar-refractivity contribution >= 4 is 0 Å². The van der Waals surface area contributed by atoms with Crippen molar-refractivity contribution in [1.82, 2.24) is 4.90 Å². The van der Waals surface area contributed by atoms with E-state index in [1.165, 1.54) is 38.6 Å². The summed E-state index contributed by atoms with van der Waals surface area (Å²) in [6.07, 6.45) is 7.14. The van der Waals surface area contributed by atoms with Crippen LogP contribution in [-0.4, -0.2) is 35.2 Å². The Morgan fingerprint density at radius 2 is 1.95 bits per heavy atom. The van der Waals surface area contributed by atoms with Gasteiger partial charge in [0.15, 0.2) is 0 Å². The van der Waals surface area contributed by atoms with Crippen molar-refractivity contribution in [3.8, 4) is 0 Å². The Hall–Kier alpha value is -0.0800. The lowest BCUT2D eigenvalue weighted by Gasteiger charge is -2.41. The van der Waals surface area contributed by atoms with E-state index in [4.69, 9.17) is 0 Å². The van der Waals surface area contributed by atoms with Gasteiger partial charge in [0.25, 0.3) is 0 Å². The zero-order valence-corrected chi connectivity index (χ0v) is 13.8. The lowest BCUT2D eigenvalue weighted by molar-refractivity contribution is -0.000682. The van der Waals surface area contributed by atoms with Crippen molar-refractivity contribution < 1.29 is 5.11 Å². The van der Waals surface area contributed by atoms with Crippen LogP contribution in [0.5, 0.6) is 0 Å². The second-order valence-electron chi connectivity index (χ2n) is 7.53. The quantitative estimate of drug-likeness (QED) is 0.704. The largest absolute Gasteiger partial charge is 0.393 e. The highest BCUT2D eigenvalue weighted by molar-refractivity contribution is 4.86. The van der Waals surface area contributed by atoms with E-state index in [0.29, 0.717) is 17.4 Å². The molecule has 19 heavy (non-hydrogen) atoms. The maximum absolute atomic E-state index is 10.3. The van der Waals surface area contributed by atoms with Crippen LogP contribution < -0.4 is 0 Å². The highest BCUT2D eigenvalue weighted by Crippen LogP contribution is 2.39. The van der Waals surface area contributed by atoms with Crippen molar-refractivity contribution in [3.63, 3.8) is 0 Å². The Morgan fingerprint density at radius 1 is 1.26 bits per heavy atom. The maximum Gasteiger partial charge on any atom is 0.0581 e. The summed E-state index contributed by atoms with van der Waals surface area (Å²) in [5, 5.41) is 10.3. The molecule has 0 bridgehead atoms. The minimum Gasteiger partial charge on any atom is -0.393 e. The monoisotopic (exact) mass is 269 g/mol. The summed E-state index contributed by atoms with van der Waals surface area (Å²) in [4.78, 5) is 2.57. The third-order valence-electron chi connectivity index (χ3n) is 4.72. The van der Waals surface area contributed by atoms with E-state index in [1.807, 2.05) is 0 Å². The third kappa shape index (κ3) is 5.83. The minimum absolute atomic E-state index is 0.0829. The number of nitrogens with zero attached hydrogens (tertiary/aromatic N) is 1. The molecule has 0 aromatic rings. The molecule has 0 aromatic heterocycles. The van der Waals surface area contributed by atoms with E-state index in [0.717, 1.165) is 13.0 Å². The van der Waals surface area contributed by atoms with E-state index in [2.05, 4.69) is 39.5 Å². The molecule has 0 aromatic carbocycles. The predicted octanol–water partition coefficient (Wildman–Crippen LogP) is 4.07. The van der Waals surface area contributed by atoms with Crippen molar-refractivity contribution in [2.45, 2.75) is 85.3 Å². The van der Waals surface area contributed by atoms with Gasteiger partial charge in [-0.3, -0.25) is 0 Å². The summed E-state index contributed by atoms with van der Waals surface area (Å²) in [7, 11) is 0. The molecule has 0 radical (unpaired) electrons. The lowest BCUT2D eigenvalue weighted by Crippen LogP contribution is -2.43. The first-order chi connectivity index (χ1) is 8.85. The molecular formula is C17H35NO. The SMILES string of the molecule is CCCCCN(CC1CC(C)(C)CCC1O)C(C)C. The Morgan fingerprint density at radius 3 is 2.53 bits per heavy atom. The molecule has 0 heterocycles. The van der Waals surface area contributed by atoms with E-state index >= 15 is 0 Å². The Balaban J connectivity index is 2.51. The van der Waals surface area contributed by atoms with Crippen LogP contribution >= 0.6 is 0 Å². The number of aliphatic hydroxyl groups is 1. The second kappa shape index (κ2) is 7.64. The van der Waals surface area contributed by atoms with Crippen LogP contribution in [-0.2, 0) is 0 Å². The van der Waals surface area contributed by atoms with Crippen molar-refractivity contribution in [3.05, 3.63) is 0 Å². The van der Waals surface area contributed by atoms with Gasteiger partial charge in [-0.25, -0.2) is 0 Å². The molecule has 2 heteroatoms. The summed E-state index contributed by atoms with van der Waals surface area (Å²) < 4.78 is 0. The lowest BCUT2D eigenvalue weighted by atomic mass is 9.70. The molecule has 2 nitrogen and oxygen atoms in total. The highest BCUT2D eigenvalue weighted by Gasteiger charge is 2.34. The van der Waals surface area contributed by atoms with Gasteiger partial charge in [0.2, 0.25) is 0 Å². The normalized spacial score (nSPS) is 27.2. The van der Waals surface area contributed by atoms with Gasteiger partial charge in [-0.15, -0.1) is 0 Å². The van der Waals surface area contributed by atoms with Gasteiger partial charge >= 0.3 is 0 Å². The van der Waals surface area contributed by atoms with Gasteiger partial charge < -0.3 is 10.0 Å². The number of aliphatic hydroxyl groups excluding tert-OH is 1. The fourth-order valence-electron chi connectivity index (χ4n) is 3.33. The van der Waals surface area contributed by atoms with Crippen molar-refractivity contribution in [1.29, 1.82) is 0 Å². The molecule has 2 atom stereocenters. The molecule has 114 valence electrons. The molecule has 2 unspecified atom stereocenters. The number of hydrogen-bond acceptors (Lipinski definition) is 2. The zero-order valence-electron chi connectivity index (χ0n) is 13.8. The number of rotatable bonds is 7. The zero-order chi connectivity index (χ0) is 14.5. The molecule has 1 fully saturated rings. The maximum atomic E-state index is 10.3. The fourth-order valence-corrected chi connectivity index (χ4v) is 3.33. The van der Waals surface area contributed by atoms with Crippen LogP contribution in [0.3, 0.4) is 0 Å². The first kappa shape index (κ1) is 17.0. The molecular weight excluding hydrogens is 234 g/mol. The average Bonchev–Trinajstić information content (AvgIpc) is 2.32. The fraction of sp³-hybridized carbons (Fsp3) is 1.00. The van der Waals surface area contributed by atoms with E-state index in [9.17, 15) is 5.11 Å². The summed E-state index contributed by atoms with van der Waals surface area (Å²) in [5.41, 5.74) is 0.413. The molecule has 1 saturated carbocycles. The molecule has 0 aliphatic heterocycles. The van der Waals surface area contributed by atoms with Gasteiger partial charge in [-0.05, 0) is 57.4 Å². The summed E-state index contributed by atoms with van der Waals surface area (Å²) in [6.45, 7) is 13.8. The van der Waals surface area contributed by atoms with Crippen molar-refractivity contribution in [2.75, 3.05) is 13.1 Å².